The van der Waals surface area contributed by atoms with E-state index in [1.807, 2.05) is 79.7 Å². The third-order valence-corrected chi connectivity index (χ3v) is 5.67. The van der Waals surface area contributed by atoms with E-state index in [2.05, 4.69) is 10.3 Å². The van der Waals surface area contributed by atoms with Crippen LogP contribution in [0.4, 0.5) is 5.82 Å². The number of rotatable bonds is 6. The summed E-state index contributed by atoms with van der Waals surface area (Å²) in [5.41, 5.74) is 3.25. The first-order chi connectivity index (χ1) is 16.0. The zero-order valence-corrected chi connectivity index (χ0v) is 17.9. The quantitative estimate of drug-likeness (QED) is 0.383. The molecule has 0 amide bonds. The van der Waals surface area contributed by atoms with Crippen LogP contribution in [0.15, 0.2) is 88.2 Å². The van der Waals surface area contributed by atoms with Gasteiger partial charge < -0.3 is 14.8 Å². The first-order valence-corrected chi connectivity index (χ1v) is 10.6. The van der Waals surface area contributed by atoms with Crippen LogP contribution < -0.4 is 10.9 Å². The van der Waals surface area contributed by atoms with Crippen LogP contribution in [0.3, 0.4) is 0 Å². The number of benzene rings is 3. The second-order valence-corrected chi connectivity index (χ2v) is 7.86. The maximum atomic E-state index is 13.2. The number of hydrogen-bond acceptors (Lipinski definition) is 5. The number of aliphatic carboxylic acids is 1. The monoisotopic (exact) mass is 439 g/mol. The standard InChI is InChI=1S/C26H21N3O4/c1-16(18-11-12-23-20(13-18)19-9-5-6-10-22(19)33-23)28-25-26(32)29(15-24(30)31)21(14-27-25)17-7-3-2-4-8-17/h2-14,16H,15H2,1H3,(H,27,28)(H,30,31)/t16-/m0/s1. The molecule has 0 unspecified atom stereocenters. The summed E-state index contributed by atoms with van der Waals surface area (Å²) in [6, 6.07) is 22.6. The Morgan fingerprint density at radius 2 is 1.76 bits per heavy atom. The molecule has 0 aliphatic heterocycles. The topological polar surface area (TPSA) is 97.4 Å². The Morgan fingerprint density at radius 3 is 2.55 bits per heavy atom. The highest BCUT2D eigenvalue weighted by Crippen LogP contribution is 2.31. The Morgan fingerprint density at radius 1 is 1.03 bits per heavy atom. The summed E-state index contributed by atoms with van der Waals surface area (Å²) in [6.07, 6.45) is 1.53. The van der Waals surface area contributed by atoms with Crippen LogP contribution in [0.5, 0.6) is 0 Å². The van der Waals surface area contributed by atoms with E-state index in [9.17, 15) is 14.7 Å². The van der Waals surface area contributed by atoms with E-state index < -0.39 is 18.1 Å². The Bertz CT molecular complexity index is 1540. The minimum absolute atomic E-state index is 0.0978. The molecule has 5 rings (SSSR count). The van der Waals surface area contributed by atoms with Gasteiger partial charge in [0.25, 0.3) is 5.56 Å². The fourth-order valence-corrected chi connectivity index (χ4v) is 4.02. The molecule has 164 valence electrons. The molecule has 2 aromatic heterocycles. The van der Waals surface area contributed by atoms with Crippen molar-refractivity contribution in [3.63, 3.8) is 0 Å². The SMILES string of the molecule is C[C@H](Nc1ncc(-c2ccccc2)n(CC(=O)O)c1=O)c1ccc2oc3ccccc3c2c1. The summed E-state index contributed by atoms with van der Waals surface area (Å²) in [5.74, 6) is -1.00. The predicted octanol–water partition coefficient (Wildman–Crippen LogP) is 5.07. The van der Waals surface area contributed by atoms with Gasteiger partial charge in [-0.15, -0.1) is 0 Å². The van der Waals surface area contributed by atoms with Crippen molar-refractivity contribution in [2.75, 3.05) is 5.32 Å². The lowest BCUT2D eigenvalue weighted by atomic mass is 10.0. The number of anilines is 1. The number of carboxylic acid groups (broad SMARTS) is 1. The number of aromatic nitrogens is 2. The zero-order valence-electron chi connectivity index (χ0n) is 17.9. The molecule has 2 N–H and O–H groups in total. The van der Waals surface area contributed by atoms with Crippen LogP contribution in [0, 0.1) is 0 Å². The van der Waals surface area contributed by atoms with Crippen molar-refractivity contribution in [1.29, 1.82) is 0 Å². The van der Waals surface area contributed by atoms with Gasteiger partial charge in [-0.1, -0.05) is 54.6 Å². The van der Waals surface area contributed by atoms with Gasteiger partial charge in [0.1, 0.15) is 17.7 Å². The van der Waals surface area contributed by atoms with E-state index in [-0.39, 0.29) is 11.9 Å². The number of carbonyl (C=O) groups is 1. The van der Waals surface area contributed by atoms with Crippen molar-refractivity contribution >= 4 is 33.7 Å². The molecule has 0 aliphatic carbocycles. The van der Waals surface area contributed by atoms with Gasteiger partial charge in [0.15, 0.2) is 5.82 Å². The summed E-state index contributed by atoms with van der Waals surface area (Å²) >= 11 is 0. The average molecular weight is 439 g/mol. The smallest absolute Gasteiger partial charge is 0.323 e. The van der Waals surface area contributed by atoms with E-state index in [0.717, 1.165) is 33.1 Å². The Hall–Kier alpha value is -4.39. The van der Waals surface area contributed by atoms with Crippen molar-refractivity contribution in [2.45, 2.75) is 19.5 Å². The summed E-state index contributed by atoms with van der Waals surface area (Å²) in [7, 11) is 0. The number of furan rings is 1. The van der Waals surface area contributed by atoms with E-state index in [4.69, 9.17) is 4.42 Å². The van der Waals surface area contributed by atoms with Crippen molar-refractivity contribution in [3.05, 3.63) is 94.9 Å². The second kappa shape index (κ2) is 8.27. The van der Waals surface area contributed by atoms with Gasteiger partial charge in [-0.3, -0.25) is 14.2 Å². The molecular formula is C26H21N3O4. The summed E-state index contributed by atoms with van der Waals surface area (Å²) in [5, 5.41) is 14.5. The van der Waals surface area contributed by atoms with E-state index in [1.165, 1.54) is 10.8 Å². The van der Waals surface area contributed by atoms with Gasteiger partial charge in [-0.05, 0) is 36.2 Å². The second-order valence-electron chi connectivity index (χ2n) is 7.86. The Labute approximate surface area is 188 Å². The highest BCUT2D eigenvalue weighted by Gasteiger charge is 2.17. The average Bonchev–Trinajstić information content (AvgIpc) is 3.20. The first kappa shape index (κ1) is 20.5. The van der Waals surface area contributed by atoms with Gasteiger partial charge in [0, 0.05) is 10.8 Å². The molecule has 0 bridgehead atoms. The molecular weight excluding hydrogens is 418 g/mol. The predicted molar refractivity (Wildman–Crippen MR) is 127 cm³/mol. The molecule has 0 spiro atoms. The fourth-order valence-electron chi connectivity index (χ4n) is 4.02. The normalized spacial score (nSPS) is 12.2. The van der Waals surface area contributed by atoms with Crippen LogP contribution in [-0.4, -0.2) is 20.6 Å². The van der Waals surface area contributed by atoms with Gasteiger partial charge in [-0.25, -0.2) is 4.98 Å². The molecule has 1 atom stereocenters. The van der Waals surface area contributed by atoms with Crippen LogP contribution in [0.1, 0.15) is 18.5 Å². The van der Waals surface area contributed by atoms with Crippen molar-refractivity contribution < 1.29 is 14.3 Å². The van der Waals surface area contributed by atoms with Crippen molar-refractivity contribution in [2.24, 2.45) is 0 Å². The number of nitrogens with zero attached hydrogens (tertiary/aromatic N) is 2. The number of fused-ring (bicyclic) bond motifs is 3. The molecule has 7 nitrogen and oxygen atoms in total. The van der Waals surface area contributed by atoms with Gasteiger partial charge in [-0.2, -0.15) is 0 Å². The zero-order chi connectivity index (χ0) is 22.9. The molecule has 0 fully saturated rings. The van der Waals surface area contributed by atoms with Crippen LogP contribution >= 0.6 is 0 Å². The minimum Gasteiger partial charge on any atom is -0.480 e. The van der Waals surface area contributed by atoms with Crippen LogP contribution in [0.2, 0.25) is 0 Å². The number of nitrogens with one attached hydrogen (secondary N) is 1. The molecule has 0 radical (unpaired) electrons. The lowest BCUT2D eigenvalue weighted by molar-refractivity contribution is -0.137. The molecule has 2 heterocycles. The molecule has 0 saturated carbocycles. The van der Waals surface area contributed by atoms with Gasteiger partial charge in [0.2, 0.25) is 0 Å². The third-order valence-electron chi connectivity index (χ3n) is 5.67. The van der Waals surface area contributed by atoms with Gasteiger partial charge in [0.05, 0.1) is 17.9 Å². The Balaban J connectivity index is 1.51. The Kier molecular flexibility index (Phi) is 5.14. The first-order valence-electron chi connectivity index (χ1n) is 10.6. The molecule has 7 heteroatoms. The summed E-state index contributed by atoms with van der Waals surface area (Å²) < 4.78 is 7.12. The molecule has 0 saturated heterocycles. The lowest BCUT2D eigenvalue weighted by Gasteiger charge is -2.17. The van der Waals surface area contributed by atoms with Crippen molar-refractivity contribution in [1.82, 2.24) is 9.55 Å². The number of hydrogen-bond donors (Lipinski definition) is 2. The van der Waals surface area contributed by atoms with Gasteiger partial charge >= 0.3 is 5.97 Å². The van der Waals surface area contributed by atoms with E-state index in [0.29, 0.717) is 5.69 Å². The number of carboxylic acids is 1. The summed E-state index contributed by atoms with van der Waals surface area (Å²) in [6.45, 7) is 1.47. The van der Waals surface area contributed by atoms with Crippen LogP contribution in [-0.2, 0) is 11.3 Å². The molecule has 33 heavy (non-hydrogen) atoms. The highest BCUT2D eigenvalue weighted by atomic mass is 16.4. The number of para-hydroxylation sites is 1. The third kappa shape index (κ3) is 3.85. The van der Waals surface area contributed by atoms with Crippen molar-refractivity contribution in [3.8, 4) is 11.3 Å². The largest absolute Gasteiger partial charge is 0.480 e. The summed E-state index contributed by atoms with van der Waals surface area (Å²) in [4.78, 5) is 29.0. The lowest BCUT2D eigenvalue weighted by Crippen LogP contribution is -2.29. The van der Waals surface area contributed by atoms with E-state index >= 15 is 0 Å². The van der Waals surface area contributed by atoms with Crippen LogP contribution in [0.25, 0.3) is 33.2 Å². The minimum atomic E-state index is -1.10. The molecule has 5 aromatic rings. The highest BCUT2D eigenvalue weighted by molar-refractivity contribution is 6.05. The maximum Gasteiger partial charge on any atom is 0.323 e. The van der Waals surface area contributed by atoms with E-state index in [1.54, 1.807) is 0 Å². The fraction of sp³-hybridized carbons (Fsp3) is 0.115. The maximum absolute atomic E-state index is 13.2. The molecule has 0 aliphatic rings. The molecule has 3 aromatic carbocycles.